The van der Waals surface area contributed by atoms with E-state index in [1.165, 1.54) is 77.9 Å². The smallest absolute Gasteiger partial charge is 0.410 e. The number of ketones is 1. The van der Waals surface area contributed by atoms with E-state index < -0.39 is 161 Å². The fourth-order valence-electron chi connectivity index (χ4n) is 13.6. The first-order valence-corrected chi connectivity index (χ1v) is 31.8. The number of nitrogens with zero attached hydrogens (tertiary/aromatic N) is 2. The summed E-state index contributed by atoms with van der Waals surface area (Å²) < 4.78 is 37.4. The van der Waals surface area contributed by atoms with Crippen molar-refractivity contribution in [1.29, 1.82) is 0 Å². The van der Waals surface area contributed by atoms with Gasteiger partial charge in [-0.15, -0.1) is 0 Å². The van der Waals surface area contributed by atoms with E-state index in [2.05, 4.69) is 16.0 Å². The number of hydrogen-bond acceptors (Lipinski definition) is 20. The first-order chi connectivity index (χ1) is 45.0. The van der Waals surface area contributed by atoms with Gasteiger partial charge in [-0.05, 0) is 93.1 Å². The van der Waals surface area contributed by atoms with Gasteiger partial charge in [0.1, 0.15) is 42.0 Å². The molecule has 95 heavy (non-hydrogen) atoms. The third-order valence-corrected chi connectivity index (χ3v) is 19.0. The highest BCUT2D eigenvalue weighted by molar-refractivity contribution is 5.97. The first kappa shape index (κ1) is 72.0. The highest BCUT2D eigenvalue weighted by Crippen LogP contribution is 2.64. The Kier molecular flexibility index (Phi) is 22.9. The monoisotopic (exact) mass is 1310 g/mol. The van der Waals surface area contributed by atoms with Crippen LogP contribution in [0, 0.1) is 16.7 Å². The average Bonchev–Trinajstić information content (AvgIpc) is 0.670. The lowest BCUT2D eigenvalue weighted by Gasteiger charge is -2.67. The van der Waals surface area contributed by atoms with Gasteiger partial charge in [-0.25, -0.2) is 14.4 Å². The third-order valence-electron chi connectivity index (χ3n) is 19.0. The lowest BCUT2D eigenvalue weighted by atomic mass is 9.44. The summed E-state index contributed by atoms with van der Waals surface area (Å²) in [5.74, 6) is -9.24. The van der Waals surface area contributed by atoms with Crippen molar-refractivity contribution in [3.05, 3.63) is 155 Å². The third kappa shape index (κ3) is 15.3. The molecule has 25 heteroatoms. The molecule has 1 aliphatic heterocycles. The molecule has 2 saturated carbocycles. The molecule has 0 spiro atoms. The number of nitrogens with one attached hydrogen (secondary N) is 3. The maximum Gasteiger partial charge on any atom is 0.410 e. The van der Waals surface area contributed by atoms with E-state index in [0.29, 0.717) is 19.4 Å². The molecule has 0 unspecified atom stereocenters. The molecule has 25 nitrogen and oxygen atoms in total. The zero-order valence-corrected chi connectivity index (χ0v) is 54.9. The zero-order chi connectivity index (χ0) is 69.3. The molecule has 4 aromatic rings. The van der Waals surface area contributed by atoms with Crippen LogP contribution in [0.3, 0.4) is 0 Å². The topological polar surface area (TPSA) is 361 Å². The van der Waals surface area contributed by atoms with E-state index in [-0.39, 0.29) is 60.2 Å². The van der Waals surface area contributed by atoms with Crippen LogP contribution in [-0.2, 0) is 68.4 Å². The van der Waals surface area contributed by atoms with Crippen molar-refractivity contribution in [3.63, 3.8) is 0 Å². The number of rotatable bonds is 25. The van der Waals surface area contributed by atoms with Crippen molar-refractivity contribution in [2.75, 3.05) is 40.3 Å². The lowest BCUT2D eigenvalue weighted by Crippen LogP contribution is -2.82. The van der Waals surface area contributed by atoms with E-state index in [9.17, 15) is 48.6 Å². The van der Waals surface area contributed by atoms with Gasteiger partial charge < -0.3 is 75.9 Å². The Labute approximate surface area is 551 Å². The van der Waals surface area contributed by atoms with E-state index in [0.717, 1.165) is 24.3 Å². The number of esters is 4. The molecule has 0 radical (unpaired) electrons. The Morgan fingerprint density at radius 1 is 0.737 bits per heavy atom. The summed E-state index contributed by atoms with van der Waals surface area (Å²) in [6, 6.07) is 27.9. The normalized spacial score (nSPS) is 25.6. The van der Waals surface area contributed by atoms with Crippen molar-refractivity contribution in [1.82, 2.24) is 25.8 Å². The molecule has 5 amide bonds. The molecule has 4 aliphatic rings. The van der Waals surface area contributed by atoms with E-state index in [1.807, 2.05) is 0 Å². The van der Waals surface area contributed by atoms with Crippen LogP contribution in [0.15, 0.2) is 132 Å². The van der Waals surface area contributed by atoms with Crippen LogP contribution < -0.4 is 27.4 Å². The van der Waals surface area contributed by atoms with Gasteiger partial charge in [0.15, 0.2) is 17.5 Å². The number of benzene rings is 4. The minimum atomic E-state index is -2.56. The van der Waals surface area contributed by atoms with E-state index in [4.69, 9.17) is 39.9 Å². The molecule has 1 saturated heterocycles. The molecule has 1 heterocycles. The Bertz CT molecular complexity index is 3500. The summed E-state index contributed by atoms with van der Waals surface area (Å²) in [6.07, 6.45) is -11.4. The summed E-state index contributed by atoms with van der Waals surface area (Å²) in [5.41, 5.74) is 4.36. The minimum absolute atomic E-state index is 0.00457. The van der Waals surface area contributed by atoms with Gasteiger partial charge >= 0.3 is 30.0 Å². The van der Waals surface area contributed by atoms with Crippen LogP contribution in [0.2, 0.25) is 0 Å². The Morgan fingerprint density at radius 2 is 1.32 bits per heavy atom. The highest BCUT2D eigenvalue weighted by atomic mass is 16.6. The summed E-state index contributed by atoms with van der Waals surface area (Å²) in [4.78, 5) is 146. The van der Waals surface area contributed by atoms with Gasteiger partial charge in [-0.2, -0.15) is 0 Å². The van der Waals surface area contributed by atoms with Crippen LogP contribution >= 0.6 is 0 Å². The average molecular weight is 1310 g/mol. The van der Waals surface area contributed by atoms with E-state index >= 15 is 9.59 Å². The van der Waals surface area contributed by atoms with Crippen LogP contribution in [0.4, 0.5) is 4.79 Å². The molecular formula is C70H87N7O18. The molecule has 2 bridgehead atoms. The number of aliphatic hydroxyl groups is 2. The Balaban J connectivity index is 1.17. The Hall–Kier alpha value is -8.88. The molecule has 3 fully saturated rings. The van der Waals surface area contributed by atoms with Crippen LogP contribution in [0.25, 0.3) is 0 Å². The summed E-state index contributed by atoms with van der Waals surface area (Å²) in [5, 5.41) is 34.9. The van der Waals surface area contributed by atoms with Crippen molar-refractivity contribution in [2.24, 2.45) is 28.2 Å². The first-order valence-electron chi connectivity index (χ1n) is 31.8. The predicted octanol–water partition coefficient (Wildman–Crippen LogP) is 3.96. The molecule has 0 aromatic heterocycles. The van der Waals surface area contributed by atoms with Gasteiger partial charge in [0.25, 0.3) is 5.91 Å². The molecule has 510 valence electrons. The SMILES string of the molecule is CC(=O)O[C@H]1C(=O)[C@@]2(C)[C@H]([C@H](OC(=O)c3ccccc3)[C@]3(O)C[C@H](OC(=O)[C@H](OC(=O)N(C)CCN(C)C(=O)[C@H](CCCCN)NC(=O)[C@H](Cc4ccccc4)NC(=O)[C@@H](C)N)[C@@H](NC(=O)c4ccccc4)c4ccccc4)C(C)=C1C3(C)C)[C@]1(OC(C)=O)CO[C@@H]1C[C@@H]2O. The number of hydrogen-bond donors (Lipinski definition) is 7. The maximum absolute atomic E-state index is 16.0. The molecule has 3 aliphatic carbocycles. The fraction of sp³-hybridized carbons (Fsp3) is 0.486. The van der Waals surface area contributed by atoms with Gasteiger partial charge in [-0.1, -0.05) is 111 Å². The van der Waals surface area contributed by atoms with Gasteiger partial charge in [-0.3, -0.25) is 33.6 Å². The molecule has 14 atom stereocenters. The molecule has 9 N–H and O–H groups in total. The minimum Gasteiger partial charge on any atom is -0.455 e. The molecule has 8 rings (SSSR count). The number of fused-ring (bicyclic) bond motifs is 5. The number of aliphatic hydroxyl groups excluding tert-OH is 1. The summed E-state index contributed by atoms with van der Waals surface area (Å²) >= 11 is 0. The highest BCUT2D eigenvalue weighted by Gasteiger charge is 2.78. The van der Waals surface area contributed by atoms with Crippen LogP contribution in [0.1, 0.15) is 118 Å². The lowest BCUT2D eigenvalue weighted by molar-refractivity contribution is -0.346. The van der Waals surface area contributed by atoms with Crippen molar-refractivity contribution >= 4 is 59.4 Å². The van der Waals surface area contributed by atoms with E-state index in [1.54, 1.807) is 97.1 Å². The number of carbonyl (C=O) groups excluding carboxylic acids is 10. The molecular weight excluding hydrogens is 1230 g/mol. The standard InChI is InChI=1S/C70H87N7O18/c1-40-50(38-70(89)59(94-64(86)47-30-20-13-21-31-47)57-68(7,51(80)37-52-69(57,39-90-52)95-43(4)79)58(81)55(91-42(3)78)53(40)67(70,5)6)92-65(87)56(54(45-26-16-11-17-27-45)75-61(83)46-28-18-12-19-29-46)93-66(88)77(9)35-34-76(8)63(85)48(32-22-23-33-71)73-62(84)49(74-60(82)41(2)72)36-44-24-14-10-15-25-44/h10-21,24-31,41,48-52,54-57,59,80,89H,22-23,32-39,71-72H2,1-9H3,(H,73,84)(H,74,82)(H,75,83)/t41-,48+,49+,50+,51+,52-,54+,55-,56-,57+,59+,68-,69+,70-/m1/s1. The van der Waals surface area contributed by atoms with Crippen molar-refractivity contribution in [3.8, 4) is 0 Å². The largest absolute Gasteiger partial charge is 0.455 e. The van der Waals surface area contributed by atoms with Gasteiger partial charge in [0.05, 0.1) is 35.6 Å². The predicted molar refractivity (Wildman–Crippen MR) is 343 cm³/mol. The summed E-state index contributed by atoms with van der Waals surface area (Å²) in [7, 11) is 2.79. The summed E-state index contributed by atoms with van der Waals surface area (Å²) in [6.45, 7) is 9.04. The second kappa shape index (κ2) is 30.2. The number of Topliss-reactive ketones (excluding diaryl/α,β-unsaturated/α-hetero) is 1. The van der Waals surface area contributed by atoms with Crippen molar-refractivity contribution in [2.45, 2.75) is 159 Å². The quantitative estimate of drug-likeness (QED) is 0.0214. The number of likely N-dealkylation sites (N-methyl/N-ethyl adjacent to an activating group) is 2. The fourth-order valence-corrected chi connectivity index (χ4v) is 13.6. The number of amides is 5. The maximum atomic E-state index is 16.0. The van der Waals surface area contributed by atoms with Crippen molar-refractivity contribution < 1.29 is 86.6 Å². The number of nitrogens with two attached hydrogens (primary N) is 2. The zero-order valence-electron chi connectivity index (χ0n) is 54.9. The van der Waals surface area contributed by atoms with Crippen LogP contribution in [0.5, 0.6) is 0 Å². The Morgan fingerprint density at radius 3 is 1.88 bits per heavy atom. The number of ether oxygens (including phenoxy) is 6. The molecule has 4 aromatic carbocycles. The number of carbonyl (C=O) groups is 10. The van der Waals surface area contributed by atoms with Crippen LogP contribution in [-0.4, -0.2) is 186 Å². The van der Waals surface area contributed by atoms with Gasteiger partial charge in [0, 0.05) is 71.3 Å². The second-order valence-corrected chi connectivity index (χ2v) is 25.8. The van der Waals surface area contributed by atoms with Gasteiger partial charge in [0.2, 0.25) is 23.8 Å². The number of unbranched alkanes of at least 4 members (excludes halogenated alkanes) is 1. The second-order valence-electron chi connectivity index (χ2n) is 25.8.